The van der Waals surface area contributed by atoms with Crippen molar-refractivity contribution in [3.8, 4) is 0 Å². The van der Waals surface area contributed by atoms with Gasteiger partial charge in [-0.05, 0) is 18.9 Å². The molecule has 0 N–H and O–H groups in total. The van der Waals surface area contributed by atoms with Gasteiger partial charge in [0.05, 0.1) is 4.92 Å². The first kappa shape index (κ1) is 8.71. The highest BCUT2D eigenvalue weighted by atomic mass is 16.6. The summed E-state index contributed by atoms with van der Waals surface area (Å²) in [6.45, 7) is 3.77. The quantitative estimate of drug-likeness (QED) is 0.499. The molecule has 0 aliphatic heterocycles. The molecule has 3 nitrogen and oxygen atoms in total. The van der Waals surface area contributed by atoms with Crippen molar-refractivity contribution in [2.45, 2.75) is 20.3 Å². The fourth-order valence-electron chi connectivity index (χ4n) is 1.14. The molecule has 0 radical (unpaired) electrons. The Kier molecular flexibility index (Phi) is 2.43. The third-order valence-corrected chi connectivity index (χ3v) is 1.82. The fourth-order valence-corrected chi connectivity index (χ4v) is 1.14. The third-order valence-electron chi connectivity index (χ3n) is 1.82. The van der Waals surface area contributed by atoms with Crippen LogP contribution in [0.3, 0.4) is 0 Å². The van der Waals surface area contributed by atoms with Crippen LogP contribution in [-0.2, 0) is 6.42 Å². The Hall–Kier alpha value is -1.38. The number of aryl methyl sites for hydroxylation is 2. The lowest BCUT2D eigenvalue weighted by Gasteiger charge is -1.99. The molecule has 0 aromatic heterocycles. The zero-order valence-corrected chi connectivity index (χ0v) is 7.20. The lowest BCUT2D eigenvalue weighted by atomic mass is 10.1. The maximum absolute atomic E-state index is 10.5. The van der Waals surface area contributed by atoms with Gasteiger partial charge < -0.3 is 0 Å². The first-order valence-electron chi connectivity index (χ1n) is 3.89. The SMILES string of the molecule is CCc1ccc(C)cc1[N+](=O)[O-]. The Balaban J connectivity index is 3.21. The Morgan fingerprint density at radius 2 is 2.17 bits per heavy atom. The Morgan fingerprint density at radius 3 is 2.67 bits per heavy atom. The van der Waals surface area contributed by atoms with Gasteiger partial charge in [0.1, 0.15) is 0 Å². The zero-order chi connectivity index (χ0) is 9.14. The molecule has 64 valence electrons. The second-order valence-electron chi connectivity index (χ2n) is 2.74. The molecule has 0 saturated carbocycles. The number of hydrogen-bond donors (Lipinski definition) is 0. The number of nitro groups is 1. The van der Waals surface area contributed by atoms with Crippen LogP contribution in [-0.4, -0.2) is 4.92 Å². The summed E-state index contributed by atoms with van der Waals surface area (Å²) in [7, 11) is 0. The highest BCUT2D eigenvalue weighted by molar-refractivity contribution is 5.42. The molecule has 0 fully saturated rings. The molecule has 0 heterocycles. The lowest BCUT2D eigenvalue weighted by Crippen LogP contribution is -1.94. The minimum atomic E-state index is -0.328. The van der Waals surface area contributed by atoms with Crippen LogP contribution in [0.1, 0.15) is 18.1 Å². The van der Waals surface area contributed by atoms with Crippen molar-refractivity contribution in [1.82, 2.24) is 0 Å². The summed E-state index contributed by atoms with van der Waals surface area (Å²) in [5, 5.41) is 10.5. The molecule has 12 heavy (non-hydrogen) atoms. The molecule has 0 bridgehead atoms. The number of nitro benzene ring substituents is 1. The highest BCUT2D eigenvalue weighted by Crippen LogP contribution is 2.19. The minimum absolute atomic E-state index is 0.234. The summed E-state index contributed by atoms with van der Waals surface area (Å²) in [6.07, 6.45) is 0.705. The number of benzene rings is 1. The van der Waals surface area contributed by atoms with Crippen LogP contribution >= 0.6 is 0 Å². The van der Waals surface area contributed by atoms with E-state index in [-0.39, 0.29) is 10.6 Å². The number of hydrogen-bond acceptors (Lipinski definition) is 2. The van der Waals surface area contributed by atoms with Gasteiger partial charge in [-0.2, -0.15) is 0 Å². The van der Waals surface area contributed by atoms with Crippen molar-refractivity contribution >= 4 is 5.69 Å². The summed E-state index contributed by atoms with van der Waals surface area (Å²) in [4.78, 5) is 10.2. The summed E-state index contributed by atoms with van der Waals surface area (Å²) in [6, 6.07) is 5.32. The predicted molar refractivity (Wildman–Crippen MR) is 47.2 cm³/mol. The third kappa shape index (κ3) is 1.61. The van der Waals surface area contributed by atoms with Crippen LogP contribution in [0.4, 0.5) is 5.69 Å². The molecule has 0 aliphatic carbocycles. The standard InChI is InChI=1S/C9H11NO2/c1-3-8-5-4-7(2)6-9(8)10(11)12/h4-6H,3H2,1-2H3. The van der Waals surface area contributed by atoms with Crippen molar-refractivity contribution in [3.63, 3.8) is 0 Å². The van der Waals surface area contributed by atoms with E-state index in [0.29, 0.717) is 6.42 Å². The molecule has 1 rings (SSSR count). The topological polar surface area (TPSA) is 43.1 Å². The Bertz CT molecular complexity index is 307. The van der Waals surface area contributed by atoms with Gasteiger partial charge in [-0.25, -0.2) is 0 Å². The van der Waals surface area contributed by atoms with Crippen molar-refractivity contribution in [1.29, 1.82) is 0 Å². The van der Waals surface area contributed by atoms with E-state index in [9.17, 15) is 10.1 Å². The van der Waals surface area contributed by atoms with Crippen molar-refractivity contribution in [3.05, 3.63) is 39.4 Å². The van der Waals surface area contributed by atoms with E-state index in [1.165, 1.54) is 0 Å². The first-order valence-corrected chi connectivity index (χ1v) is 3.89. The molecular weight excluding hydrogens is 154 g/mol. The molecule has 0 unspecified atom stereocenters. The molecule has 0 aliphatic rings. The van der Waals surface area contributed by atoms with Crippen LogP contribution in [0.5, 0.6) is 0 Å². The van der Waals surface area contributed by atoms with Gasteiger partial charge in [0.2, 0.25) is 0 Å². The van der Waals surface area contributed by atoms with E-state index >= 15 is 0 Å². The van der Waals surface area contributed by atoms with E-state index in [0.717, 1.165) is 11.1 Å². The van der Waals surface area contributed by atoms with Crippen molar-refractivity contribution in [2.24, 2.45) is 0 Å². The summed E-state index contributed by atoms with van der Waals surface area (Å²) in [5.41, 5.74) is 1.96. The normalized spacial score (nSPS) is 9.83. The second-order valence-corrected chi connectivity index (χ2v) is 2.74. The highest BCUT2D eigenvalue weighted by Gasteiger charge is 2.10. The Morgan fingerprint density at radius 1 is 1.50 bits per heavy atom. The molecule has 3 heteroatoms. The Labute approximate surface area is 71.2 Å². The van der Waals surface area contributed by atoms with Gasteiger partial charge >= 0.3 is 0 Å². The van der Waals surface area contributed by atoms with E-state index in [1.807, 2.05) is 26.0 Å². The van der Waals surface area contributed by atoms with Gasteiger partial charge in [-0.15, -0.1) is 0 Å². The molecule has 0 atom stereocenters. The number of rotatable bonds is 2. The monoisotopic (exact) mass is 165 g/mol. The van der Waals surface area contributed by atoms with Gasteiger partial charge in [-0.1, -0.05) is 19.1 Å². The smallest absolute Gasteiger partial charge is 0.258 e. The summed E-state index contributed by atoms with van der Waals surface area (Å²) < 4.78 is 0. The summed E-state index contributed by atoms with van der Waals surface area (Å²) in [5.74, 6) is 0. The maximum atomic E-state index is 10.5. The largest absolute Gasteiger partial charge is 0.272 e. The van der Waals surface area contributed by atoms with E-state index in [1.54, 1.807) is 6.07 Å². The van der Waals surface area contributed by atoms with Crippen LogP contribution in [0, 0.1) is 17.0 Å². The number of nitrogens with zero attached hydrogens (tertiary/aromatic N) is 1. The second kappa shape index (κ2) is 3.34. The van der Waals surface area contributed by atoms with Gasteiger partial charge in [0.25, 0.3) is 5.69 Å². The average Bonchev–Trinajstić information content (AvgIpc) is 2.04. The van der Waals surface area contributed by atoms with Crippen LogP contribution in [0.2, 0.25) is 0 Å². The molecular formula is C9H11NO2. The fraction of sp³-hybridized carbons (Fsp3) is 0.333. The molecule has 0 spiro atoms. The van der Waals surface area contributed by atoms with E-state index in [2.05, 4.69) is 0 Å². The predicted octanol–water partition coefficient (Wildman–Crippen LogP) is 2.47. The van der Waals surface area contributed by atoms with Crippen molar-refractivity contribution < 1.29 is 4.92 Å². The molecule has 0 amide bonds. The average molecular weight is 165 g/mol. The van der Waals surface area contributed by atoms with E-state index < -0.39 is 0 Å². The van der Waals surface area contributed by atoms with Gasteiger partial charge in [0.15, 0.2) is 0 Å². The van der Waals surface area contributed by atoms with Gasteiger partial charge in [0, 0.05) is 11.6 Å². The lowest BCUT2D eigenvalue weighted by molar-refractivity contribution is -0.385. The zero-order valence-electron chi connectivity index (χ0n) is 7.20. The van der Waals surface area contributed by atoms with Crippen LogP contribution in [0.15, 0.2) is 18.2 Å². The maximum Gasteiger partial charge on any atom is 0.272 e. The van der Waals surface area contributed by atoms with Crippen LogP contribution < -0.4 is 0 Å². The molecule has 0 saturated heterocycles. The van der Waals surface area contributed by atoms with E-state index in [4.69, 9.17) is 0 Å². The summed E-state index contributed by atoms with van der Waals surface area (Å²) >= 11 is 0. The first-order chi connectivity index (χ1) is 5.65. The molecule has 1 aromatic rings. The van der Waals surface area contributed by atoms with Gasteiger partial charge in [-0.3, -0.25) is 10.1 Å². The molecule has 1 aromatic carbocycles. The van der Waals surface area contributed by atoms with Crippen LogP contribution in [0.25, 0.3) is 0 Å². The van der Waals surface area contributed by atoms with Crippen molar-refractivity contribution in [2.75, 3.05) is 0 Å². The minimum Gasteiger partial charge on any atom is -0.258 e.